The number of carbonyl (C=O) groups is 1. The highest BCUT2D eigenvalue weighted by Crippen LogP contribution is 2.28. The fraction of sp³-hybridized carbons (Fsp3) is 0.316. The van der Waals surface area contributed by atoms with Crippen molar-refractivity contribution in [2.24, 2.45) is 0 Å². The van der Waals surface area contributed by atoms with Gasteiger partial charge in [0.2, 0.25) is 0 Å². The minimum absolute atomic E-state index is 0.0195. The highest BCUT2D eigenvalue weighted by Gasteiger charge is 2.31. The Labute approximate surface area is 162 Å². The predicted octanol–water partition coefficient (Wildman–Crippen LogP) is 2.54. The Morgan fingerprint density at radius 3 is 2.71 bits per heavy atom. The van der Waals surface area contributed by atoms with E-state index in [4.69, 9.17) is 0 Å². The van der Waals surface area contributed by atoms with Crippen LogP contribution in [0.4, 0.5) is 10.1 Å². The lowest BCUT2D eigenvalue weighted by Crippen LogP contribution is -2.15. The maximum atomic E-state index is 13.7. The normalized spacial score (nSPS) is 18.6. The summed E-state index contributed by atoms with van der Waals surface area (Å²) in [6, 6.07) is 7.25. The third-order valence-electron chi connectivity index (χ3n) is 4.71. The largest absolute Gasteiger partial charge is 0.319 e. The number of nitrogens with zero attached hydrogens (tertiary/aromatic N) is 3. The fourth-order valence-electron chi connectivity index (χ4n) is 3.25. The number of para-hydroxylation sites is 1. The van der Waals surface area contributed by atoms with Gasteiger partial charge in [0.15, 0.2) is 9.84 Å². The number of halogens is 1. The van der Waals surface area contributed by atoms with E-state index in [0.29, 0.717) is 23.4 Å². The van der Waals surface area contributed by atoms with Crippen LogP contribution in [0.25, 0.3) is 6.08 Å². The van der Waals surface area contributed by atoms with Crippen LogP contribution in [0, 0.1) is 31.0 Å². The molecule has 1 aliphatic rings. The summed E-state index contributed by atoms with van der Waals surface area (Å²) in [5.41, 5.74) is 1.60. The molecule has 9 heteroatoms. The monoisotopic (exact) mass is 402 g/mol. The van der Waals surface area contributed by atoms with Crippen LogP contribution < -0.4 is 5.32 Å². The van der Waals surface area contributed by atoms with E-state index in [1.165, 1.54) is 24.3 Å². The Balaban J connectivity index is 1.90. The zero-order valence-electron chi connectivity index (χ0n) is 15.4. The van der Waals surface area contributed by atoms with Gasteiger partial charge in [0.25, 0.3) is 5.91 Å². The average molecular weight is 402 g/mol. The molecule has 1 atom stereocenters. The van der Waals surface area contributed by atoms with Gasteiger partial charge in [-0.15, -0.1) is 0 Å². The molecule has 0 spiro atoms. The van der Waals surface area contributed by atoms with Crippen LogP contribution in [-0.2, 0) is 14.6 Å². The quantitative estimate of drug-likeness (QED) is 0.625. The van der Waals surface area contributed by atoms with Gasteiger partial charge in [-0.25, -0.2) is 12.8 Å². The summed E-state index contributed by atoms with van der Waals surface area (Å²) in [4.78, 5) is 12.4. The summed E-state index contributed by atoms with van der Waals surface area (Å²) in [5.74, 6) is -1.19. The van der Waals surface area contributed by atoms with Gasteiger partial charge in [-0.05, 0) is 38.5 Å². The Kier molecular flexibility index (Phi) is 5.34. The number of hydrogen-bond donors (Lipinski definition) is 1. The van der Waals surface area contributed by atoms with E-state index in [2.05, 4.69) is 10.4 Å². The second-order valence-electron chi connectivity index (χ2n) is 6.69. The summed E-state index contributed by atoms with van der Waals surface area (Å²) < 4.78 is 38.9. The van der Waals surface area contributed by atoms with Crippen LogP contribution in [-0.4, -0.2) is 35.6 Å². The van der Waals surface area contributed by atoms with Gasteiger partial charge in [-0.2, -0.15) is 10.4 Å². The molecular formula is C19H19FN4O3S. The maximum absolute atomic E-state index is 13.7. The van der Waals surface area contributed by atoms with Crippen molar-refractivity contribution in [3.63, 3.8) is 0 Å². The van der Waals surface area contributed by atoms with Gasteiger partial charge >= 0.3 is 0 Å². The molecule has 0 radical (unpaired) electrons. The van der Waals surface area contributed by atoms with E-state index in [1.54, 1.807) is 24.6 Å². The molecular weight excluding hydrogens is 383 g/mol. The van der Waals surface area contributed by atoms with Crippen molar-refractivity contribution in [3.8, 4) is 6.07 Å². The Hall–Kier alpha value is -2.99. The summed E-state index contributed by atoms with van der Waals surface area (Å²) in [6.45, 7) is 3.49. The van der Waals surface area contributed by atoms with Crippen molar-refractivity contribution in [1.29, 1.82) is 5.26 Å². The van der Waals surface area contributed by atoms with Crippen LogP contribution in [0.15, 0.2) is 29.8 Å². The molecule has 2 aromatic rings. The first-order valence-corrected chi connectivity index (χ1v) is 10.5. The predicted molar refractivity (Wildman–Crippen MR) is 103 cm³/mol. The molecule has 7 nitrogen and oxygen atoms in total. The van der Waals surface area contributed by atoms with Crippen LogP contribution in [0.2, 0.25) is 0 Å². The smallest absolute Gasteiger partial charge is 0.266 e. The van der Waals surface area contributed by atoms with E-state index >= 15 is 0 Å². The van der Waals surface area contributed by atoms with Gasteiger partial charge in [0.1, 0.15) is 17.5 Å². The number of aromatic nitrogens is 2. The SMILES string of the molecule is Cc1nn([C@@H]2CCS(=O)(=O)C2)c(C)c1/C=C(\C#N)C(=O)Nc1ccccc1F. The molecule has 0 unspecified atom stereocenters. The minimum atomic E-state index is -3.07. The summed E-state index contributed by atoms with van der Waals surface area (Å²) in [6.07, 6.45) is 1.88. The number of carbonyl (C=O) groups excluding carboxylic acids is 1. The maximum Gasteiger partial charge on any atom is 0.266 e. The van der Waals surface area contributed by atoms with Gasteiger partial charge in [-0.3, -0.25) is 9.48 Å². The number of aryl methyl sites for hydroxylation is 1. The first-order chi connectivity index (χ1) is 13.2. The van der Waals surface area contributed by atoms with E-state index in [1.807, 2.05) is 6.07 Å². The molecule has 28 heavy (non-hydrogen) atoms. The van der Waals surface area contributed by atoms with Crippen molar-refractivity contribution in [1.82, 2.24) is 9.78 Å². The molecule has 0 bridgehead atoms. The van der Waals surface area contributed by atoms with Crippen molar-refractivity contribution in [2.45, 2.75) is 26.3 Å². The number of anilines is 1. The molecule has 0 aliphatic carbocycles. The summed E-state index contributed by atoms with van der Waals surface area (Å²) in [7, 11) is -3.07. The first-order valence-electron chi connectivity index (χ1n) is 8.65. The summed E-state index contributed by atoms with van der Waals surface area (Å²) >= 11 is 0. The molecule has 1 aromatic carbocycles. The average Bonchev–Trinajstić information content (AvgIpc) is 3.14. The number of amides is 1. The minimum Gasteiger partial charge on any atom is -0.319 e. The van der Waals surface area contributed by atoms with E-state index in [-0.39, 0.29) is 28.8 Å². The van der Waals surface area contributed by atoms with E-state index < -0.39 is 21.6 Å². The standard InChI is InChI=1S/C19H19FN4O3S/c1-12-16(13(2)24(23-12)15-7-8-28(26,27)11-15)9-14(10-21)19(25)22-18-6-4-3-5-17(18)20/h3-6,9,15H,7-8,11H2,1-2H3,(H,22,25)/b14-9+/t15-/m1/s1. The second-order valence-corrected chi connectivity index (χ2v) is 8.92. The molecule has 1 aliphatic heterocycles. The van der Waals surface area contributed by atoms with Crippen LogP contribution in [0.1, 0.15) is 29.4 Å². The fourth-order valence-corrected chi connectivity index (χ4v) is 4.95. The van der Waals surface area contributed by atoms with Crippen LogP contribution in [0.3, 0.4) is 0 Å². The lowest BCUT2D eigenvalue weighted by molar-refractivity contribution is -0.112. The van der Waals surface area contributed by atoms with Gasteiger partial charge < -0.3 is 5.32 Å². The van der Waals surface area contributed by atoms with E-state index in [0.717, 1.165) is 0 Å². The van der Waals surface area contributed by atoms with Crippen molar-refractivity contribution in [3.05, 3.63) is 52.6 Å². The molecule has 1 aromatic heterocycles. The second kappa shape index (κ2) is 7.56. The van der Waals surface area contributed by atoms with Crippen molar-refractivity contribution in [2.75, 3.05) is 16.8 Å². The number of benzene rings is 1. The van der Waals surface area contributed by atoms with Crippen molar-refractivity contribution >= 4 is 27.5 Å². The van der Waals surface area contributed by atoms with Crippen LogP contribution in [0.5, 0.6) is 0 Å². The van der Waals surface area contributed by atoms with E-state index in [9.17, 15) is 22.9 Å². The Morgan fingerprint density at radius 2 is 2.11 bits per heavy atom. The third kappa shape index (κ3) is 3.97. The third-order valence-corrected chi connectivity index (χ3v) is 6.46. The van der Waals surface area contributed by atoms with Crippen LogP contribution >= 0.6 is 0 Å². The molecule has 0 saturated carbocycles. The highest BCUT2D eigenvalue weighted by molar-refractivity contribution is 7.91. The lowest BCUT2D eigenvalue weighted by Gasteiger charge is -2.11. The number of nitriles is 1. The molecule has 3 rings (SSSR count). The molecule has 1 saturated heterocycles. The summed E-state index contributed by atoms with van der Waals surface area (Å²) in [5, 5.41) is 16.2. The Morgan fingerprint density at radius 1 is 1.39 bits per heavy atom. The van der Waals surface area contributed by atoms with Gasteiger partial charge in [-0.1, -0.05) is 12.1 Å². The molecule has 146 valence electrons. The number of rotatable bonds is 4. The first kappa shape index (κ1) is 19.8. The number of hydrogen-bond acceptors (Lipinski definition) is 5. The molecule has 1 N–H and O–H groups in total. The molecule has 1 fully saturated rings. The number of sulfone groups is 1. The number of nitrogens with one attached hydrogen (secondary N) is 1. The van der Waals surface area contributed by atoms with Gasteiger partial charge in [0.05, 0.1) is 28.9 Å². The molecule has 1 amide bonds. The zero-order valence-corrected chi connectivity index (χ0v) is 16.3. The topological polar surface area (TPSA) is 105 Å². The molecule has 2 heterocycles. The lowest BCUT2D eigenvalue weighted by atomic mass is 10.1. The van der Waals surface area contributed by atoms with Crippen molar-refractivity contribution < 1.29 is 17.6 Å². The Bertz CT molecular complexity index is 1110. The zero-order chi connectivity index (χ0) is 20.5. The van der Waals surface area contributed by atoms with Gasteiger partial charge in [0, 0.05) is 11.3 Å². The highest BCUT2D eigenvalue weighted by atomic mass is 32.2.